The first-order chi connectivity index (χ1) is 9.43. The first kappa shape index (κ1) is 13.7. The first-order valence-corrected chi connectivity index (χ1v) is 5.79. The Hall–Kier alpha value is -2.71. The number of nitrogens with zero attached hydrogens (tertiary/aromatic N) is 2. The Bertz CT molecular complexity index is 778. The Labute approximate surface area is 112 Å². The molecule has 0 radical (unpaired) electrons. The topological polar surface area (TPSA) is 144 Å². The van der Waals surface area contributed by atoms with Gasteiger partial charge in [-0.15, -0.1) is 0 Å². The molecule has 2 aromatic rings. The predicted octanol–water partition coefficient (Wildman–Crippen LogP) is -0.745. The molecular formula is C11H13N5O4. The average Bonchev–Trinajstić information content (AvgIpc) is 2.37. The number of anilines is 1. The second kappa shape index (κ2) is 5.11. The van der Waals surface area contributed by atoms with Gasteiger partial charge >= 0.3 is 5.97 Å². The van der Waals surface area contributed by atoms with Crippen molar-refractivity contribution in [1.29, 1.82) is 0 Å². The summed E-state index contributed by atoms with van der Waals surface area (Å²) in [7, 11) is 1.25. The Kier molecular flexibility index (Phi) is 3.51. The maximum absolute atomic E-state index is 12.2. The highest BCUT2D eigenvalue weighted by molar-refractivity contribution is 5.74. The number of hydrogen-bond acceptors (Lipinski definition) is 7. The molecule has 0 bridgehead atoms. The molecule has 20 heavy (non-hydrogen) atoms. The Balaban J connectivity index is 2.58. The number of hydrogen-bond donors (Lipinski definition) is 3. The average molecular weight is 279 g/mol. The van der Waals surface area contributed by atoms with Crippen molar-refractivity contribution in [2.24, 2.45) is 0 Å². The van der Waals surface area contributed by atoms with Gasteiger partial charge in [0.1, 0.15) is 11.1 Å². The van der Waals surface area contributed by atoms with E-state index < -0.39 is 22.9 Å². The van der Waals surface area contributed by atoms with Crippen LogP contribution in [0.5, 0.6) is 0 Å². The van der Waals surface area contributed by atoms with Crippen molar-refractivity contribution < 1.29 is 9.53 Å². The van der Waals surface area contributed by atoms with Gasteiger partial charge in [0.25, 0.3) is 5.56 Å². The van der Waals surface area contributed by atoms with Crippen molar-refractivity contribution in [3.63, 3.8) is 0 Å². The number of aromatic nitrogens is 4. The van der Waals surface area contributed by atoms with E-state index in [0.717, 1.165) is 0 Å². The highest BCUT2D eigenvalue weighted by atomic mass is 16.5. The van der Waals surface area contributed by atoms with Crippen molar-refractivity contribution in [3.05, 3.63) is 26.3 Å². The third-order valence-corrected chi connectivity index (χ3v) is 2.85. The van der Waals surface area contributed by atoms with Crippen molar-refractivity contribution in [2.45, 2.75) is 19.3 Å². The number of methoxy groups -OCH3 is 1. The molecule has 2 aromatic heterocycles. The highest BCUT2D eigenvalue weighted by Gasteiger charge is 2.19. The molecule has 0 aromatic carbocycles. The fraction of sp³-hybridized carbons (Fsp3) is 0.364. The lowest BCUT2D eigenvalue weighted by Gasteiger charge is -2.08. The lowest BCUT2D eigenvalue weighted by atomic mass is 10.0. The van der Waals surface area contributed by atoms with Crippen molar-refractivity contribution in [2.75, 3.05) is 12.8 Å². The van der Waals surface area contributed by atoms with Crippen molar-refractivity contribution in [3.8, 4) is 0 Å². The van der Waals surface area contributed by atoms with Crippen molar-refractivity contribution in [1.82, 2.24) is 20.2 Å². The van der Waals surface area contributed by atoms with Gasteiger partial charge in [-0.1, -0.05) is 6.92 Å². The lowest BCUT2D eigenvalue weighted by molar-refractivity contribution is -0.141. The minimum Gasteiger partial charge on any atom is -0.469 e. The zero-order chi connectivity index (χ0) is 14.9. The largest absolute Gasteiger partial charge is 0.469 e. The van der Waals surface area contributed by atoms with Gasteiger partial charge < -0.3 is 10.5 Å². The fourth-order valence-electron chi connectivity index (χ4n) is 1.84. The summed E-state index contributed by atoms with van der Waals surface area (Å²) in [6.07, 6.45) is -0.0155. The van der Waals surface area contributed by atoms with E-state index >= 15 is 0 Å². The molecule has 106 valence electrons. The smallest absolute Gasteiger partial charge is 0.306 e. The molecule has 0 spiro atoms. The summed E-state index contributed by atoms with van der Waals surface area (Å²) in [5.41, 5.74) is 4.22. The van der Waals surface area contributed by atoms with E-state index in [1.165, 1.54) is 7.11 Å². The van der Waals surface area contributed by atoms with E-state index in [1.54, 1.807) is 6.92 Å². The van der Waals surface area contributed by atoms with Crippen LogP contribution >= 0.6 is 0 Å². The van der Waals surface area contributed by atoms with Crippen LogP contribution in [0.25, 0.3) is 11.0 Å². The summed E-state index contributed by atoms with van der Waals surface area (Å²) in [5, 5.41) is 6.19. The number of esters is 1. The highest BCUT2D eigenvalue weighted by Crippen LogP contribution is 2.14. The monoisotopic (exact) mass is 279 g/mol. The Morgan fingerprint density at radius 3 is 2.80 bits per heavy atom. The van der Waals surface area contributed by atoms with E-state index in [1.807, 2.05) is 0 Å². The molecule has 0 fully saturated rings. The van der Waals surface area contributed by atoms with Gasteiger partial charge in [-0.2, -0.15) is 10.1 Å². The molecule has 1 atom stereocenters. The van der Waals surface area contributed by atoms with Crippen LogP contribution in [0.3, 0.4) is 0 Å². The summed E-state index contributed by atoms with van der Waals surface area (Å²) < 4.78 is 4.53. The van der Waals surface area contributed by atoms with Crippen LogP contribution in [0, 0.1) is 0 Å². The number of rotatable bonds is 3. The molecule has 0 saturated heterocycles. The van der Waals surface area contributed by atoms with Gasteiger partial charge in [0.2, 0.25) is 11.4 Å². The van der Waals surface area contributed by atoms with Crippen LogP contribution in [0.4, 0.5) is 5.95 Å². The molecule has 0 saturated carbocycles. The number of carbonyl (C=O) groups excluding carboxylic acids is 1. The summed E-state index contributed by atoms with van der Waals surface area (Å²) in [6.45, 7) is 1.64. The van der Waals surface area contributed by atoms with Gasteiger partial charge in [0.05, 0.1) is 13.5 Å². The van der Waals surface area contributed by atoms with E-state index in [4.69, 9.17) is 5.73 Å². The molecule has 0 aliphatic carbocycles. The second-order valence-electron chi connectivity index (χ2n) is 4.29. The maximum atomic E-state index is 12.2. The normalized spacial score (nSPS) is 12.3. The van der Waals surface area contributed by atoms with Crippen molar-refractivity contribution >= 4 is 23.0 Å². The van der Waals surface area contributed by atoms with Gasteiger partial charge in [-0.05, 0) is 0 Å². The van der Waals surface area contributed by atoms with Gasteiger partial charge in [-0.3, -0.25) is 24.5 Å². The first-order valence-electron chi connectivity index (χ1n) is 5.79. The van der Waals surface area contributed by atoms with Crippen LogP contribution in [0.2, 0.25) is 0 Å². The van der Waals surface area contributed by atoms with E-state index in [-0.39, 0.29) is 29.1 Å². The molecule has 9 nitrogen and oxygen atoms in total. The third-order valence-electron chi connectivity index (χ3n) is 2.85. The van der Waals surface area contributed by atoms with Crippen LogP contribution < -0.4 is 16.7 Å². The lowest BCUT2D eigenvalue weighted by Crippen LogP contribution is -2.25. The number of nitrogens with one attached hydrogen (secondary N) is 2. The molecule has 2 heterocycles. The fourth-order valence-corrected chi connectivity index (χ4v) is 1.84. The van der Waals surface area contributed by atoms with E-state index in [0.29, 0.717) is 0 Å². The SMILES string of the molecule is COC(=O)C[C@@H](C)c1n[nH]c2nc(N)[nH]c(=O)c2c1=O. The number of carbonyl (C=O) groups is 1. The third kappa shape index (κ3) is 2.37. The second-order valence-corrected chi connectivity index (χ2v) is 4.29. The molecule has 0 aliphatic heterocycles. The molecule has 2 rings (SSSR count). The quantitative estimate of drug-likeness (QED) is 0.627. The summed E-state index contributed by atoms with van der Waals surface area (Å²) >= 11 is 0. The summed E-state index contributed by atoms with van der Waals surface area (Å²) in [5.74, 6) is -1.08. The van der Waals surface area contributed by atoms with E-state index in [9.17, 15) is 14.4 Å². The Morgan fingerprint density at radius 2 is 2.15 bits per heavy atom. The van der Waals surface area contributed by atoms with Gasteiger partial charge in [0.15, 0.2) is 5.65 Å². The number of nitrogens with two attached hydrogens (primary N) is 1. The van der Waals surface area contributed by atoms with Crippen LogP contribution in [0.15, 0.2) is 9.59 Å². The summed E-state index contributed by atoms with van der Waals surface area (Å²) in [6, 6.07) is 0. The standard InChI is InChI=1S/C11H13N5O4/c1-4(3-5(17)20-2)7-8(18)6-9(16-15-7)13-11(12)14-10(6)19/h4H,3H2,1-2H3,(H4,12,13,14,16,18,19)/t4-/m1/s1. The zero-order valence-electron chi connectivity index (χ0n) is 10.9. The summed E-state index contributed by atoms with van der Waals surface area (Å²) in [4.78, 5) is 41.2. The number of fused-ring (bicyclic) bond motifs is 1. The van der Waals surface area contributed by atoms with Crippen LogP contribution in [-0.2, 0) is 9.53 Å². The molecule has 0 unspecified atom stereocenters. The molecule has 9 heteroatoms. The van der Waals surface area contributed by atoms with Crippen LogP contribution in [-0.4, -0.2) is 33.2 Å². The minimum atomic E-state index is -0.650. The number of ether oxygens (including phenoxy) is 1. The minimum absolute atomic E-state index is 0.00488. The van der Waals surface area contributed by atoms with Crippen LogP contribution in [0.1, 0.15) is 25.0 Å². The Morgan fingerprint density at radius 1 is 1.45 bits per heavy atom. The zero-order valence-corrected chi connectivity index (χ0v) is 10.9. The molecule has 0 amide bonds. The molecular weight excluding hydrogens is 266 g/mol. The number of H-pyrrole nitrogens is 2. The number of aromatic amines is 2. The van der Waals surface area contributed by atoms with Gasteiger partial charge in [0, 0.05) is 5.92 Å². The molecule has 4 N–H and O–H groups in total. The van der Waals surface area contributed by atoms with Gasteiger partial charge in [-0.25, -0.2) is 0 Å². The maximum Gasteiger partial charge on any atom is 0.306 e. The molecule has 0 aliphatic rings. The predicted molar refractivity (Wildman–Crippen MR) is 70.2 cm³/mol. The number of nitrogen functional groups attached to an aromatic ring is 1. The van der Waals surface area contributed by atoms with E-state index in [2.05, 4.69) is 24.9 Å².